The van der Waals surface area contributed by atoms with Crippen LogP contribution in [0.5, 0.6) is 0 Å². The number of pyridine rings is 1. The van der Waals surface area contributed by atoms with Gasteiger partial charge in [0.2, 0.25) is 0 Å². The van der Waals surface area contributed by atoms with Crippen LogP contribution < -0.4 is 10.6 Å². The molecule has 2 rings (SSSR count). The Kier molecular flexibility index (Phi) is 3.90. The number of hydrogen-bond acceptors (Lipinski definition) is 5. The Morgan fingerprint density at radius 3 is 2.53 bits per heavy atom. The van der Waals surface area contributed by atoms with Crippen LogP contribution in [0.1, 0.15) is 13.8 Å². The third-order valence-electron chi connectivity index (χ3n) is 3.78. The van der Waals surface area contributed by atoms with Crippen LogP contribution in [0.4, 0.5) is 5.82 Å². The Balaban J connectivity index is 2.00. The monoisotopic (exact) mass is 263 g/mol. The fourth-order valence-electron chi connectivity index (χ4n) is 2.32. The van der Waals surface area contributed by atoms with E-state index >= 15 is 0 Å². The quantitative estimate of drug-likeness (QED) is 0.364. The van der Waals surface area contributed by atoms with Crippen molar-refractivity contribution in [1.29, 1.82) is 0 Å². The van der Waals surface area contributed by atoms with E-state index in [-0.39, 0.29) is 5.84 Å². The number of amidine groups is 1. The lowest BCUT2D eigenvalue weighted by Gasteiger charge is -2.43. The van der Waals surface area contributed by atoms with Gasteiger partial charge in [-0.1, -0.05) is 11.2 Å². The maximum absolute atomic E-state index is 8.85. The van der Waals surface area contributed by atoms with E-state index in [1.807, 2.05) is 38.2 Å². The highest BCUT2D eigenvalue weighted by molar-refractivity contribution is 5.88. The summed E-state index contributed by atoms with van der Waals surface area (Å²) in [6, 6.07) is 5.93. The number of nitrogens with two attached hydrogens (primary N) is 1. The van der Waals surface area contributed by atoms with Gasteiger partial charge in [0.25, 0.3) is 0 Å². The number of hydrogen-bond donors (Lipinski definition) is 2. The molecule has 1 aliphatic rings. The molecule has 0 spiro atoms. The number of nitrogens with zero attached hydrogens (tertiary/aromatic N) is 4. The molecular weight excluding hydrogens is 242 g/mol. The molecule has 0 aromatic carbocycles. The average molecular weight is 263 g/mol. The molecule has 1 saturated heterocycles. The maximum atomic E-state index is 8.85. The van der Waals surface area contributed by atoms with Gasteiger partial charge in [0, 0.05) is 32.4 Å². The molecule has 104 valence electrons. The van der Waals surface area contributed by atoms with Crippen molar-refractivity contribution in [1.82, 2.24) is 9.88 Å². The summed E-state index contributed by atoms with van der Waals surface area (Å²) in [5, 5.41) is 12.0. The summed E-state index contributed by atoms with van der Waals surface area (Å²) in [5.74, 6) is 1.25. The summed E-state index contributed by atoms with van der Waals surface area (Å²) in [6.45, 7) is 7.44. The van der Waals surface area contributed by atoms with Crippen molar-refractivity contribution < 1.29 is 5.21 Å². The highest BCUT2D eigenvalue weighted by Crippen LogP contribution is 2.19. The van der Waals surface area contributed by atoms with Crippen LogP contribution in [0.25, 0.3) is 0 Å². The number of aromatic nitrogens is 1. The Hall–Kier alpha value is -1.82. The van der Waals surface area contributed by atoms with Crippen LogP contribution >= 0.6 is 0 Å². The molecule has 0 bridgehead atoms. The van der Waals surface area contributed by atoms with Crippen molar-refractivity contribution in [2.24, 2.45) is 10.9 Å². The number of piperazine rings is 1. The molecule has 0 unspecified atom stereocenters. The van der Waals surface area contributed by atoms with E-state index in [4.69, 9.17) is 10.9 Å². The zero-order valence-corrected chi connectivity index (χ0v) is 11.5. The van der Waals surface area contributed by atoms with E-state index in [1.165, 1.54) is 0 Å². The number of anilines is 1. The molecule has 6 heteroatoms. The van der Waals surface area contributed by atoms with Gasteiger partial charge in [0.05, 0.1) is 5.54 Å². The number of rotatable bonds is 3. The van der Waals surface area contributed by atoms with Gasteiger partial charge >= 0.3 is 0 Å². The lowest BCUT2D eigenvalue weighted by atomic mass is 10.0. The van der Waals surface area contributed by atoms with Crippen molar-refractivity contribution in [2.45, 2.75) is 19.4 Å². The molecule has 0 aliphatic carbocycles. The molecule has 3 N–H and O–H groups in total. The predicted molar refractivity (Wildman–Crippen MR) is 75.5 cm³/mol. The first-order chi connectivity index (χ1) is 9.05. The lowest BCUT2D eigenvalue weighted by Crippen LogP contribution is -2.59. The van der Waals surface area contributed by atoms with Gasteiger partial charge in [0.1, 0.15) is 5.82 Å². The highest BCUT2D eigenvalue weighted by atomic mass is 16.4. The van der Waals surface area contributed by atoms with Crippen molar-refractivity contribution in [3.8, 4) is 0 Å². The second kappa shape index (κ2) is 5.44. The second-order valence-corrected chi connectivity index (χ2v) is 5.21. The van der Waals surface area contributed by atoms with Crippen molar-refractivity contribution in [2.75, 3.05) is 31.1 Å². The molecule has 1 fully saturated rings. The first-order valence-corrected chi connectivity index (χ1v) is 6.44. The molecule has 0 atom stereocenters. The Bertz CT molecular complexity index is 438. The summed E-state index contributed by atoms with van der Waals surface area (Å²) in [7, 11) is 0. The molecule has 2 heterocycles. The number of oxime groups is 1. The minimum absolute atomic E-state index is 0.249. The van der Waals surface area contributed by atoms with Crippen LogP contribution in [0, 0.1) is 0 Å². The van der Waals surface area contributed by atoms with Crippen LogP contribution in [-0.4, -0.2) is 52.6 Å². The van der Waals surface area contributed by atoms with Gasteiger partial charge in [-0.3, -0.25) is 4.90 Å². The normalized spacial score (nSPS) is 18.6. The van der Waals surface area contributed by atoms with Crippen LogP contribution in [0.15, 0.2) is 29.6 Å². The standard InChI is InChI=1S/C13H21N5O/c1-13(2,12(14)16-19)18-9-7-17(8-10-18)11-5-3-4-6-15-11/h3-6,19H,7-10H2,1-2H3,(H2,14,16). The van der Waals surface area contributed by atoms with E-state index in [0.717, 1.165) is 32.0 Å². The Labute approximate surface area is 113 Å². The van der Waals surface area contributed by atoms with Crippen molar-refractivity contribution in [3.05, 3.63) is 24.4 Å². The largest absolute Gasteiger partial charge is 0.409 e. The van der Waals surface area contributed by atoms with E-state index in [0.29, 0.717) is 0 Å². The SMILES string of the molecule is CC(C)(C(N)=NO)N1CCN(c2ccccn2)CC1. The minimum atomic E-state index is -0.426. The molecule has 0 saturated carbocycles. The minimum Gasteiger partial charge on any atom is -0.409 e. The topological polar surface area (TPSA) is 78.0 Å². The first-order valence-electron chi connectivity index (χ1n) is 6.44. The third-order valence-corrected chi connectivity index (χ3v) is 3.78. The van der Waals surface area contributed by atoms with Gasteiger partial charge in [-0.05, 0) is 26.0 Å². The Morgan fingerprint density at radius 1 is 1.32 bits per heavy atom. The first kappa shape index (κ1) is 13.6. The van der Waals surface area contributed by atoms with E-state index in [9.17, 15) is 0 Å². The van der Waals surface area contributed by atoms with Gasteiger partial charge in [-0.2, -0.15) is 0 Å². The highest BCUT2D eigenvalue weighted by Gasteiger charge is 2.33. The molecule has 1 aliphatic heterocycles. The summed E-state index contributed by atoms with van der Waals surface area (Å²) in [6.07, 6.45) is 1.81. The van der Waals surface area contributed by atoms with Gasteiger partial charge < -0.3 is 15.8 Å². The van der Waals surface area contributed by atoms with Crippen LogP contribution in [0.3, 0.4) is 0 Å². The van der Waals surface area contributed by atoms with E-state index < -0.39 is 5.54 Å². The molecule has 1 aromatic rings. The van der Waals surface area contributed by atoms with E-state index in [1.54, 1.807) is 0 Å². The van der Waals surface area contributed by atoms with E-state index in [2.05, 4.69) is 19.9 Å². The van der Waals surface area contributed by atoms with Gasteiger partial charge in [-0.15, -0.1) is 0 Å². The van der Waals surface area contributed by atoms with Crippen molar-refractivity contribution >= 4 is 11.7 Å². The van der Waals surface area contributed by atoms with Gasteiger partial charge in [0.15, 0.2) is 5.84 Å². The Morgan fingerprint density at radius 2 is 2.00 bits per heavy atom. The summed E-state index contributed by atoms with van der Waals surface area (Å²) < 4.78 is 0. The maximum Gasteiger partial charge on any atom is 0.159 e. The van der Waals surface area contributed by atoms with Gasteiger partial charge in [-0.25, -0.2) is 4.98 Å². The average Bonchev–Trinajstić information content (AvgIpc) is 2.47. The zero-order valence-electron chi connectivity index (χ0n) is 11.5. The fourth-order valence-corrected chi connectivity index (χ4v) is 2.32. The zero-order chi connectivity index (χ0) is 13.9. The fraction of sp³-hybridized carbons (Fsp3) is 0.538. The molecule has 0 radical (unpaired) electrons. The summed E-state index contributed by atoms with van der Waals surface area (Å²) in [5.41, 5.74) is 5.33. The smallest absolute Gasteiger partial charge is 0.159 e. The van der Waals surface area contributed by atoms with Crippen molar-refractivity contribution in [3.63, 3.8) is 0 Å². The summed E-state index contributed by atoms with van der Waals surface area (Å²) >= 11 is 0. The van der Waals surface area contributed by atoms with Crippen LogP contribution in [0.2, 0.25) is 0 Å². The molecule has 19 heavy (non-hydrogen) atoms. The van der Waals surface area contributed by atoms with Crippen LogP contribution in [-0.2, 0) is 0 Å². The third kappa shape index (κ3) is 2.78. The predicted octanol–water partition coefficient (Wildman–Crippen LogP) is 0.729. The molecule has 0 amide bonds. The molecule has 1 aromatic heterocycles. The molecular formula is C13H21N5O. The summed E-state index contributed by atoms with van der Waals surface area (Å²) in [4.78, 5) is 8.83. The lowest BCUT2D eigenvalue weighted by molar-refractivity contribution is 0.161. The molecule has 6 nitrogen and oxygen atoms in total. The second-order valence-electron chi connectivity index (χ2n) is 5.21.